The van der Waals surface area contributed by atoms with E-state index >= 15 is 0 Å². The first-order chi connectivity index (χ1) is 5.27. The number of nitrogens with zero attached hydrogens (tertiary/aromatic N) is 2. The van der Waals surface area contributed by atoms with Gasteiger partial charge in [0, 0.05) is 7.05 Å². The summed E-state index contributed by atoms with van der Waals surface area (Å²) in [4.78, 5) is 7.79. The largest absolute Gasteiger partial charge is 0.491 e. The smallest absolute Gasteiger partial charge is 0.224 e. The van der Waals surface area contributed by atoms with Crippen LogP contribution >= 0.6 is 0 Å². The third kappa shape index (κ3) is 1.49. The zero-order chi connectivity index (χ0) is 8.27. The van der Waals surface area contributed by atoms with Crippen LogP contribution in [0.25, 0.3) is 0 Å². The Morgan fingerprint density at radius 2 is 2.36 bits per heavy atom. The van der Waals surface area contributed by atoms with Crippen LogP contribution in [-0.2, 0) is 0 Å². The molecular formula is C6H10N4O. The van der Waals surface area contributed by atoms with Crippen molar-refractivity contribution in [2.24, 2.45) is 0 Å². The molecule has 0 atom stereocenters. The summed E-state index contributed by atoms with van der Waals surface area (Å²) in [6.45, 7) is 0. The lowest BCUT2D eigenvalue weighted by Crippen LogP contribution is -2.01. The standard InChI is InChI=1S/C6H10N4O/c1-8-6-9-3-4(11-2)5(7)10-6/h3H,1-2H3,(H3,7,8,9,10). The first-order valence-electron chi connectivity index (χ1n) is 3.12. The molecule has 0 aromatic carbocycles. The van der Waals surface area contributed by atoms with Crippen molar-refractivity contribution < 1.29 is 4.74 Å². The summed E-state index contributed by atoms with van der Waals surface area (Å²) in [7, 11) is 3.25. The molecule has 0 saturated carbocycles. The number of nitrogens with one attached hydrogen (secondary N) is 1. The molecule has 0 unspecified atom stereocenters. The molecule has 0 spiro atoms. The lowest BCUT2D eigenvalue weighted by molar-refractivity contribution is 0.413. The van der Waals surface area contributed by atoms with Crippen molar-refractivity contribution in [2.45, 2.75) is 0 Å². The predicted molar refractivity (Wildman–Crippen MR) is 42.5 cm³/mol. The number of hydrogen-bond donors (Lipinski definition) is 2. The first kappa shape index (κ1) is 7.59. The van der Waals surface area contributed by atoms with Crippen LogP contribution < -0.4 is 15.8 Å². The van der Waals surface area contributed by atoms with Gasteiger partial charge in [-0.25, -0.2) is 4.98 Å². The van der Waals surface area contributed by atoms with Crippen LogP contribution in [0.5, 0.6) is 5.75 Å². The molecule has 5 nitrogen and oxygen atoms in total. The fraction of sp³-hybridized carbons (Fsp3) is 0.333. The van der Waals surface area contributed by atoms with Gasteiger partial charge in [-0.2, -0.15) is 4.98 Å². The van der Waals surface area contributed by atoms with Crippen molar-refractivity contribution in [1.82, 2.24) is 9.97 Å². The molecule has 0 saturated heterocycles. The molecule has 0 aliphatic carbocycles. The highest BCUT2D eigenvalue weighted by molar-refractivity contribution is 5.47. The summed E-state index contributed by atoms with van der Waals surface area (Å²) in [6.07, 6.45) is 1.52. The Bertz CT molecular complexity index is 250. The van der Waals surface area contributed by atoms with Gasteiger partial charge in [-0.05, 0) is 0 Å². The topological polar surface area (TPSA) is 73.1 Å². The molecule has 1 aromatic rings. The molecule has 0 fully saturated rings. The highest BCUT2D eigenvalue weighted by atomic mass is 16.5. The highest BCUT2D eigenvalue weighted by Gasteiger charge is 2.00. The number of nitrogens with two attached hydrogens (primary N) is 1. The molecule has 60 valence electrons. The number of anilines is 2. The summed E-state index contributed by atoms with van der Waals surface area (Å²) in [6, 6.07) is 0. The monoisotopic (exact) mass is 154 g/mol. The molecule has 0 aliphatic heterocycles. The van der Waals surface area contributed by atoms with Gasteiger partial charge >= 0.3 is 0 Å². The van der Waals surface area contributed by atoms with Gasteiger partial charge in [0.15, 0.2) is 11.6 Å². The summed E-state index contributed by atoms with van der Waals surface area (Å²) in [5, 5.41) is 2.76. The quantitative estimate of drug-likeness (QED) is 0.632. The number of aromatic nitrogens is 2. The maximum absolute atomic E-state index is 5.49. The second-order valence-corrected chi connectivity index (χ2v) is 1.90. The van der Waals surface area contributed by atoms with Crippen LogP contribution in [0.4, 0.5) is 11.8 Å². The minimum Gasteiger partial charge on any atom is -0.491 e. The molecule has 0 aliphatic rings. The maximum atomic E-state index is 5.49. The Labute approximate surface area is 64.6 Å². The Morgan fingerprint density at radius 1 is 1.64 bits per heavy atom. The first-order valence-corrected chi connectivity index (χ1v) is 3.12. The van der Waals surface area contributed by atoms with E-state index in [1.807, 2.05) is 0 Å². The van der Waals surface area contributed by atoms with Crippen LogP contribution in [0.3, 0.4) is 0 Å². The Balaban J connectivity index is 2.99. The van der Waals surface area contributed by atoms with Gasteiger partial charge in [0.25, 0.3) is 0 Å². The minimum atomic E-state index is 0.340. The summed E-state index contributed by atoms with van der Waals surface area (Å²) >= 11 is 0. The number of methoxy groups -OCH3 is 1. The average Bonchev–Trinajstić information content (AvgIpc) is 2.04. The van der Waals surface area contributed by atoms with E-state index in [2.05, 4.69) is 15.3 Å². The zero-order valence-electron chi connectivity index (χ0n) is 6.46. The molecule has 1 aromatic heterocycles. The minimum absolute atomic E-state index is 0.340. The highest BCUT2D eigenvalue weighted by Crippen LogP contribution is 2.16. The van der Waals surface area contributed by atoms with Crippen LogP contribution in [0, 0.1) is 0 Å². The van der Waals surface area contributed by atoms with Gasteiger partial charge in [-0.3, -0.25) is 0 Å². The van der Waals surface area contributed by atoms with Gasteiger partial charge in [-0.15, -0.1) is 0 Å². The molecule has 5 heteroatoms. The molecule has 0 amide bonds. The molecule has 1 heterocycles. The lowest BCUT2D eigenvalue weighted by atomic mass is 10.5. The average molecular weight is 154 g/mol. The van der Waals surface area contributed by atoms with Crippen molar-refractivity contribution in [3.8, 4) is 5.75 Å². The van der Waals surface area contributed by atoms with Crippen LogP contribution in [0.1, 0.15) is 0 Å². The van der Waals surface area contributed by atoms with Gasteiger partial charge < -0.3 is 15.8 Å². The molecule has 0 bridgehead atoms. The fourth-order valence-electron chi connectivity index (χ4n) is 0.662. The SMILES string of the molecule is CNc1ncc(OC)c(N)n1. The number of rotatable bonds is 2. The van der Waals surface area contributed by atoms with E-state index in [1.54, 1.807) is 7.05 Å². The van der Waals surface area contributed by atoms with Gasteiger partial charge in [0.05, 0.1) is 13.3 Å². The molecular weight excluding hydrogens is 144 g/mol. The Hall–Kier alpha value is -1.52. The van der Waals surface area contributed by atoms with Gasteiger partial charge in [0.1, 0.15) is 0 Å². The Kier molecular flexibility index (Phi) is 2.10. The van der Waals surface area contributed by atoms with Crippen LogP contribution in [0.15, 0.2) is 6.20 Å². The van der Waals surface area contributed by atoms with Gasteiger partial charge in [0.2, 0.25) is 5.95 Å². The third-order valence-electron chi connectivity index (χ3n) is 1.23. The van der Waals surface area contributed by atoms with E-state index in [1.165, 1.54) is 13.3 Å². The van der Waals surface area contributed by atoms with E-state index in [4.69, 9.17) is 10.5 Å². The second kappa shape index (κ2) is 3.05. The second-order valence-electron chi connectivity index (χ2n) is 1.90. The maximum Gasteiger partial charge on any atom is 0.224 e. The van der Waals surface area contributed by atoms with Crippen molar-refractivity contribution in [1.29, 1.82) is 0 Å². The van der Waals surface area contributed by atoms with E-state index in [0.29, 0.717) is 17.5 Å². The molecule has 11 heavy (non-hydrogen) atoms. The van der Waals surface area contributed by atoms with E-state index < -0.39 is 0 Å². The zero-order valence-corrected chi connectivity index (χ0v) is 6.46. The van der Waals surface area contributed by atoms with Crippen molar-refractivity contribution in [3.05, 3.63) is 6.20 Å². The molecule has 3 N–H and O–H groups in total. The summed E-state index contributed by atoms with van der Waals surface area (Å²) in [5.41, 5.74) is 5.49. The number of nitrogen functional groups attached to an aromatic ring is 1. The van der Waals surface area contributed by atoms with Crippen molar-refractivity contribution >= 4 is 11.8 Å². The van der Waals surface area contributed by atoms with Gasteiger partial charge in [-0.1, -0.05) is 0 Å². The van der Waals surface area contributed by atoms with Crippen molar-refractivity contribution in [2.75, 3.05) is 25.2 Å². The van der Waals surface area contributed by atoms with E-state index in [-0.39, 0.29) is 0 Å². The van der Waals surface area contributed by atoms with E-state index in [9.17, 15) is 0 Å². The fourth-order valence-corrected chi connectivity index (χ4v) is 0.662. The Morgan fingerprint density at radius 3 is 2.82 bits per heavy atom. The molecule has 1 rings (SSSR count). The molecule has 0 radical (unpaired) electrons. The number of ether oxygens (including phenoxy) is 1. The predicted octanol–water partition coefficient (Wildman–Crippen LogP) is 0.109. The van der Waals surface area contributed by atoms with Crippen LogP contribution in [-0.4, -0.2) is 24.1 Å². The van der Waals surface area contributed by atoms with Crippen molar-refractivity contribution in [3.63, 3.8) is 0 Å². The normalized spacial score (nSPS) is 9.27. The summed E-state index contributed by atoms with van der Waals surface area (Å²) in [5.74, 6) is 1.32. The summed E-state index contributed by atoms with van der Waals surface area (Å²) < 4.78 is 4.87. The number of hydrogen-bond acceptors (Lipinski definition) is 5. The van der Waals surface area contributed by atoms with Crippen LogP contribution in [0.2, 0.25) is 0 Å². The van der Waals surface area contributed by atoms with E-state index in [0.717, 1.165) is 0 Å². The lowest BCUT2D eigenvalue weighted by Gasteiger charge is -2.03. The third-order valence-corrected chi connectivity index (χ3v) is 1.23.